The molecule has 2 heterocycles. The predicted molar refractivity (Wildman–Crippen MR) is 79.1 cm³/mol. The summed E-state index contributed by atoms with van der Waals surface area (Å²) in [6.07, 6.45) is -0.329. The van der Waals surface area contributed by atoms with E-state index in [1.807, 2.05) is 0 Å². The van der Waals surface area contributed by atoms with E-state index in [-0.39, 0.29) is 6.42 Å². The maximum absolute atomic E-state index is 11.9. The fourth-order valence-electron chi connectivity index (χ4n) is 2.30. The molecule has 0 bridgehead atoms. The highest BCUT2D eigenvalue weighted by Crippen LogP contribution is 2.43. The maximum Gasteiger partial charge on any atom is 0.582 e. The number of aliphatic hydroxyl groups excluding tert-OH is 1. The number of methoxy groups -OCH3 is 1. The molecule has 1 aromatic rings. The van der Waals surface area contributed by atoms with Gasteiger partial charge in [0.2, 0.25) is 5.79 Å². The Hall–Kier alpha value is -1.03. The second kappa shape index (κ2) is 6.61. The van der Waals surface area contributed by atoms with E-state index in [2.05, 4.69) is 17.2 Å². The summed E-state index contributed by atoms with van der Waals surface area (Å²) >= 11 is 3.67. The van der Waals surface area contributed by atoms with Gasteiger partial charge in [-0.05, 0) is 11.5 Å². The minimum atomic E-state index is -2.26. The van der Waals surface area contributed by atoms with Gasteiger partial charge in [-0.3, -0.25) is 14.3 Å². The average Bonchev–Trinajstić information content (AvgIpc) is 2.81. The van der Waals surface area contributed by atoms with Crippen LogP contribution < -0.4 is 11.2 Å². The van der Waals surface area contributed by atoms with Crippen LogP contribution in [0.15, 0.2) is 15.8 Å². The third kappa shape index (κ3) is 3.17. The summed E-state index contributed by atoms with van der Waals surface area (Å²) in [5.41, 5.74) is -0.843. The van der Waals surface area contributed by atoms with Crippen LogP contribution in [-0.2, 0) is 18.6 Å². The zero-order valence-electron chi connectivity index (χ0n) is 11.9. The van der Waals surface area contributed by atoms with Crippen molar-refractivity contribution < 1.29 is 23.7 Å². The van der Waals surface area contributed by atoms with Crippen LogP contribution in [0, 0.1) is 6.92 Å². The second-order valence-corrected chi connectivity index (χ2v) is 6.46. The molecule has 1 aromatic heterocycles. The maximum atomic E-state index is 11.9. The molecule has 0 radical (unpaired) electrons. The Labute approximate surface area is 131 Å². The highest BCUT2D eigenvalue weighted by atomic mass is 32.7. The van der Waals surface area contributed by atoms with Gasteiger partial charge in [0, 0.05) is 25.3 Å². The quantitative estimate of drug-likeness (QED) is 0.507. The number of aromatic nitrogens is 2. The molecule has 2 rings (SSSR count). The summed E-state index contributed by atoms with van der Waals surface area (Å²) < 4.78 is 28.3. The molecule has 2 N–H and O–H groups in total. The molecule has 0 aliphatic carbocycles. The Morgan fingerprint density at radius 1 is 1.64 bits per heavy atom. The van der Waals surface area contributed by atoms with Crippen molar-refractivity contribution in [1.29, 1.82) is 0 Å². The minimum Gasteiger partial charge on any atom is -0.391 e. The normalized spacial score (nSPS) is 28.8. The predicted octanol–water partition coefficient (Wildman–Crippen LogP) is 0.0713. The Morgan fingerprint density at radius 2 is 2.32 bits per heavy atom. The molecule has 1 fully saturated rings. The minimum absolute atomic E-state index is 0.0847. The van der Waals surface area contributed by atoms with Gasteiger partial charge < -0.3 is 14.6 Å². The first-order valence-electron chi connectivity index (χ1n) is 6.31. The Balaban J connectivity index is 2.39. The summed E-state index contributed by atoms with van der Waals surface area (Å²) in [6.45, 7) is 0.969. The van der Waals surface area contributed by atoms with Crippen molar-refractivity contribution in [3.8, 4) is 0 Å². The molecule has 4 atom stereocenters. The first-order valence-corrected chi connectivity index (χ1v) is 8.65. The van der Waals surface area contributed by atoms with Gasteiger partial charge in [0.1, 0.15) is 25.1 Å². The standard InChI is InChI=1S/C11H15N2O7PS/c1-6-4-13(10(16)12-9(6)15)8-3-7(20-21(17)22)11(5-14,18-2)19-8/h4,7-8,14H,3,5H2,1-2H3,(H-,12,15,16,17,22)/p+1/t7?,8-,11?/m1/s1. The number of aliphatic hydroxyl groups is 1. The molecule has 0 saturated carbocycles. The van der Waals surface area contributed by atoms with E-state index in [9.17, 15) is 19.3 Å². The van der Waals surface area contributed by atoms with Crippen molar-refractivity contribution in [2.75, 3.05) is 13.7 Å². The van der Waals surface area contributed by atoms with E-state index in [1.165, 1.54) is 20.2 Å². The van der Waals surface area contributed by atoms with Crippen LogP contribution in [0.25, 0.3) is 0 Å². The molecule has 1 aliphatic heterocycles. The molecule has 0 spiro atoms. The van der Waals surface area contributed by atoms with Gasteiger partial charge in [-0.1, -0.05) is 0 Å². The smallest absolute Gasteiger partial charge is 0.391 e. The third-order valence-corrected chi connectivity index (χ3v) is 4.20. The first-order chi connectivity index (χ1) is 10.3. The summed E-state index contributed by atoms with van der Waals surface area (Å²) in [5, 5.41) is 9.54. The van der Waals surface area contributed by atoms with Crippen LogP contribution in [0.1, 0.15) is 18.2 Å². The lowest BCUT2D eigenvalue weighted by Crippen LogP contribution is -2.45. The van der Waals surface area contributed by atoms with Gasteiger partial charge in [0.05, 0.1) is 0 Å². The highest BCUT2D eigenvalue weighted by molar-refractivity contribution is 8.39. The first kappa shape index (κ1) is 17.3. The topological polar surface area (TPSA) is 120 Å². The monoisotopic (exact) mass is 351 g/mol. The van der Waals surface area contributed by atoms with Crippen molar-refractivity contribution in [2.24, 2.45) is 0 Å². The van der Waals surface area contributed by atoms with Crippen molar-refractivity contribution in [2.45, 2.75) is 31.5 Å². The molecule has 11 heteroatoms. The zero-order valence-corrected chi connectivity index (χ0v) is 13.7. The largest absolute Gasteiger partial charge is 0.582 e. The number of aryl methyl sites for hydroxylation is 1. The van der Waals surface area contributed by atoms with E-state index >= 15 is 0 Å². The number of thiol groups is 1. The summed E-state index contributed by atoms with van der Waals surface area (Å²) in [6, 6.07) is 0. The highest BCUT2D eigenvalue weighted by Gasteiger charge is 2.54. The molecule has 22 heavy (non-hydrogen) atoms. The average molecular weight is 351 g/mol. The molecule has 1 aliphatic rings. The van der Waals surface area contributed by atoms with Crippen molar-refractivity contribution in [1.82, 2.24) is 9.55 Å². The van der Waals surface area contributed by atoms with Gasteiger partial charge in [-0.15, -0.1) is 4.52 Å². The summed E-state index contributed by atoms with van der Waals surface area (Å²) in [5.74, 6) is -1.57. The van der Waals surface area contributed by atoms with Gasteiger partial charge in [0.15, 0.2) is 6.10 Å². The lowest BCUT2D eigenvalue weighted by molar-refractivity contribution is -0.265. The number of ether oxygens (including phenoxy) is 2. The van der Waals surface area contributed by atoms with E-state index in [0.29, 0.717) is 5.56 Å². The number of hydrogen-bond acceptors (Lipinski definition) is 7. The van der Waals surface area contributed by atoms with Crippen LogP contribution in [0.2, 0.25) is 0 Å². The molecule has 122 valence electrons. The molecule has 1 saturated heterocycles. The fraction of sp³-hybridized carbons (Fsp3) is 0.636. The number of nitrogens with zero attached hydrogens (tertiary/aromatic N) is 1. The lowest BCUT2D eigenvalue weighted by atomic mass is 10.1. The SMILES string of the molecule is COC1(CO)O[C@@H](n2cc(C)c(=O)[nH]c2=O)CC1O[P+](=O)S. The van der Waals surface area contributed by atoms with Crippen LogP contribution >= 0.6 is 19.5 Å². The lowest BCUT2D eigenvalue weighted by Gasteiger charge is -2.27. The number of nitrogens with one attached hydrogen (secondary N) is 1. The van der Waals surface area contributed by atoms with Crippen LogP contribution in [0.4, 0.5) is 0 Å². The van der Waals surface area contributed by atoms with Gasteiger partial charge in [-0.2, -0.15) is 0 Å². The molecule has 0 aromatic carbocycles. The Kier molecular flexibility index (Phi) is 5.21. The molecular weight excluding hydrogens is 335 g/mol. The van der Waals surface area contributed by atoms with Gasteiger partial charge in [-0.25, -0.2) is 4.79 Å². The number of rotatable bonds is 5. The second-order valence-electron chi connectivity index (χ2n) is 4.79. The number of H-pyrrole nitrogens is 1. The number of aromatic amines is 1. The molecule has 9 nitrogen and oxygen atoms in total. The van der Waals surface area contributed by atoms with Crippen molar-refractivity contribution in [3.05, 3.63) is 32.6 Å². The molecule has 0 amide bonds. The zero-order chi connectivity index (χ0) is 16.5. The van der Waals surface area contributed by atoms with E-state index in [4.69, 9.17) is 14.0 Å². The molecular formula is C11H16N2O7PS+. The van der Waals surface area contributed by atoms with Crippen molar-refractivity contribution in [3.63, 3.8) is 0 Å². The van der Waals surface area contributed by atoms with Crippen molar-refractivity contribution >= 4 is 19.5 Å². The number of hydrogen-bond donors (Lipinski definition) is 3. The van der Waals surface area contributed by atoms with E-state index in [1.54, 1.807) is 0 Å². The van der Waals surface area contributed by atoms with Crippen LogP contribution in [0.3, 0.4) is 0 Å². The third-order valence-electron chi connectivity index (χ3n) is 3.48. The summed E-state index contributed by atoms with van der Waals surface area (Å²) in [4.78, 5) is 25.5. The Bertz CT molecular complexity index is 684. The summed E-state index contributed by atoms with van der Waals surface area (Å²) in [7, 11) is -0.967. The fourth-order valence-corrected chi connectivity index (χ4v) is 3.11. The van der Waals surface area contributed by atoms with Gasteiger partial charge in [0.25, 0.3) is 5.56 Å². The Morgan fingerprint density at radius 3 is 2.86 bits per heavy atom. The van der Waals surface area contributed by atoms with Crippen LogP contribution in [0.5, 0.6) is 0 Å². The van der Waals surface area contributed by atoms with E-state index < -0.39 is 43.2 Å². The van der Waals surface area contributed by atoms with Gasteiger partial charge >= 0.3 is 12.9 Å². The van der Waals surface area contributed by atoms with Crippen LogP contribution in [-0.4, -0.2) is 40.3 Å². The molecule has 3 unspecified atom stereocenters. The van der Waals surface area contributed by atoms with E-state index in [0.717, 1.165) is 4.57 Å².